The van der Waals surface area contributed by atoms with E-state index in [0.29, 0.717) is 13.2 Å². The lowest BCUT2D eigenvalue weighted by Crippen LogP contribution is -2.38. The number of hydrogen-bond donors (Lipinski definition) is 2. The van der Waals surface area contributed by atoms with E-state index in [-0.39, 0.29) is 42.3 Å². The van der Waals surface area contributed by atoms with Crippen molar-refractivity contribution in [2.45, 2.75) is 83.0 Å². The second-order valence-electron chi connectivity index (χ2n) is 10.7. The molecule has 1 aromatic heterocycles. The second kappa shape index (κ2) is 10.00. The number of amides is 1. The summed E-state index contributed by atoms with van der Waals surface area (Å²) in [6, 6.07) is 10.3. The number of nitrogens with one attached hydrogen (secondary N) is 2. The summed E-state index contributed by atoms with van der Waals surface area (Å²) in [6.45, 7) is 6.02. The van der Waals surface area contributed by atoms with E-state index in [1.807, 2.05) is 23.1 Å². The van der Waals surface area contributed by atoms with Crippen LogP contribution in [0.15, 0.2) is 36.5 Å². The summed E-state index contributed by atoms with van der Waals surface area (Å²) in [5.74, 6) is 0.976. The summed E-state index contributed by atoms with van der Waals surface area (Å²) in [7, 11) is 0. The third-order valence-corrected chi connectivity index (χ3v) is 7.83. The molecule has 0 radical (unpaired) electrons. The number of rotatable bonds is 5. The van der Waals surface area contributed by atoms with E-state index >= 15 is 0 Å². The summed E-state index contributed by atoms with van der Waals surface area (Å²) in [6.07, 6.45) is 7.03. The predicted octanol–water partition coefficient (Wildman–Crippen LogP) is 4.62. The molecule has 1 aromatic carbocycles. The van der Waals surface area contributed by atoms with Crippen molar-refractivity contribution in [2.24, 2.45) is 5.92 Å². The van der Waals surface area contributed by atoms with Crippen LogP contribution in [0.5, 0.6) is 0 Å². The summed E-state index contributed by atoms with van der Waals surface area (Å²) in [5, 5.41) is 7.09. The van der Waals surface area contributed by atoms with Crippen LogP contribution in [-0.4, -0.2) is 54.6 Å². The van der Waals surface area contributed by atoms with Gasteiger partial charge in [0.2, 0.25) is 5.91 Å². The number of benzene rings is 1. The van der Waals surface area contributed by atoms with Crippen LogP contribution >= 0.6 is 0 Å². The van der Waals surface area contributed by atoms with Crippen molar-refractivity contribution in [3.05, 3.63) is 42.1 Å². The first-order chi connectivity index (χ1) is 17.5. The Kier molecular flexibility index (Phi) is 6.58. The van der Waals surface area contributed by atoms with Gasteiger partial charge in [-0.3, -0.25) is 4.79 Å². The van der Waals surface area contributed by atoms with Crippen LogP contribution in [0.25, 0.3) is 0 Å². The highest BCUT2D eigenvalue weighted by Gasteiger charge is 2.42. The Labute approximate surface area is 212 Å². The van der Waals surface area contributed by atoms with E-state index in [1.165, 1.54) is 0 Å². The van der Waals surface area contributed by atoms with Crippen LogP contribution in [0, 0.1) is 5.92 Å². The number of anilines is 4. The Morgan fingerprint density at radius 1 is 1.17 bits per heavy atom. The first-order valence-corrected chi connectivity index (χ1v) is 13.4. The lowest BCUT2D eigenvalue weighted by Gasteiger charge is -2.33. The fraction of sp³-hybridized carbons (Fsp3) is 0.571. The molecule has 3 fully saturated rings. The molecule has 3 atom stereocenters. The number of ether oxygens (including phenoxy) is 3. The highest BCUT2D eigenvalue weighted by Crippen LogP contribution is 2.40. The zero-order valence-corrected chi connectivity index (χ0v) is 21.1. The summed E-state index contributed by atoms with van der Waals surface area (Å²) < 4.78 is 17.9. The maximum Gasteiger partial charge on any atom is 0.230 e. The normalized spacial score (nSPS) is 29.2. The van der Waals surface area contributed by atoms with Crippen LogP contribution in [0.2, 0.25) is 0 Å². The number of hydrogen-bond acceptors (Lipinski definition) is 7. The van der Waals surface area contributed by atoms with E-state index in [0.717, 1.165) is 67.2 Å². The van der Waals surface area contributed by atoms with Gasteiger partial charge < -0.3 is 29.7 Å². The van der Waals surface area contributed by atoms with Gasteiger partial charge in [-0.25, -0.2) is 4.98 Å². The van der Waals surface area contributed by atoms with Crippen molar-refractivity contribution in [3.8, 4) is 0 Å². The molecule has 1 saturated carbocycles. The van der Waals surface area contributed by atoms with Gasteiger partial charge in [0.1, 0.15) is 11.9 Å². The Bertz CT molecular complexity index is 1100. The quantitative estimate of drug-likeness (QED) is 0.630. The minimum atomic E-state index is -0.00409. The lowest BCUT2D eigenvalue weighted by molar-refractivity contribution is -0.124. The largest absolute Gasteiger partial charge is 0.377 e. The van der Waals surface area contributed by atoms with Crippen molar-refractivity contribution in [3.63, 3.8) is 0 Å². The van der Waals surface area contributed by atoms with Crippen LogP contribution in [0.3, 0.4) is 0 Å². The molecular weight excluding hydrogens is 456 g/mol. The van der Waals surface area contributed by atoms with Gasteiger partial charge in [-0.1, -0.05) is 6.07 Å². The minimum Gasteiger partial charge on any atom is -0.377 e. The predicted molar refractivity (Wildman–Crippen MR) is 139 cm³/mol. The molecule has 6 rings (SSSR count). The summed E-state index contributed by atoms with van der Waals surface area (Å²) in [4.78, 5) is 20.5. The first-order valence-electron chi connectivity index (χ1n) is 13.4. The zero-order valence-electron chi connectivity index (χ0n) is 21.1. The molecule has 0 unspecified atom stereocenters. The minimum absolute atomic E-state index is 0.00409. The molecule has 0 bridgehead atoms. The molecule has 1 aliphatic carbocycles. The van der Waals surface area contributed by atoms with Crippen molar-refractivity contribution < 1.29 is 19.0 Å². The first kappa shape index (κ1) is 23.7. The highest BCUT2D eigenvalue weighted by atomic mass is 16.6. The van der Waals surface area contributed by atoms with E-state index in [1.54, 1.807) is 6.20 Å². The number of carbonyl (C=O) groups excluding carboxylic acids is 1. The number of aromatic nitrogens is 1. The maximum absolute atomic E-state index is 14.0. The van der Waals surface area contributed by atoms with Gasteiger partial charge in [0, 0.05) is 30.0 Å². The molecule has 36 heavy (non-hydrogen) atoms. The van der Waals surface area contributed by atoms with E-state index < -0.39 is 0 Å². The number of pyridine rings is 1. The molecule has 192 valence electrons. The highest BCUT2D eigenvalue weighted by molar-refractivity contribution is 6.00. The third-order valence-electron chi connectivity index (χ3n) is 7.83. The van der Waals surface area contributed by atoms with E-state index in [4.69, 9.17) is 14.2 Å². The smallest absolute Gasteiger partial charge is 0.230 e. The Hall–Kier alpha value is -2.68. The molecule has 0 spiro atoms. The SMILES string of the molecule is CC(C)OC1CCC(C(=O)N2Cc3cccnc3Nc3ccc(N[C@@H]4CO[C@@H]5CCO[C@H]45)cc32)CC1. The standard InChI is InChI=1S/C28H36N4O4/c1-17(2)36-21-8-5-18(6-9-21)28(33)32-15-19-4-3-12-29-27(19)31-22-10-7-20(14-24(22)32)30-23-16-35-25-11-13-34-26(23)25/h3-4,7,10,12,14,17-18,21,23,25-26,30H,5-6,8-9,11,13,15-16H2,1-2H3,(H,29,31)/t18?,21?,23-,25-,26-/m1/s1. The lowest BCUT2D eigenvalue weighted by atomic mass is 9.86. The fourth-order valence-corrected chi connectivity index (χ4v) is 6.07. The monoisotopic (exact) mass is 492 g/mol. The van der Waals surface area contributed by atoms with Crippen molar-refractivity contribution in [1.82, 2.24) is 4.98 Å². The van der Waals surface area contributed by atoms with Crippen molar-refractivity contribution in [1.29, 1.82) is 0 Å². The molecular formula is C28H36N4O4. The number of fused-ring (bicyclic) bond motifs is 3. The van der Waals surface area contributed by atoms with Crippen LogP contribution in [-0.2, 0) is 25.5 Å². The molecule has 3 aliphatic heterocycles. The van der Waals surface area contributed by atoms with Gasteiger partial charge in [0.25, 0.3) is 0 Å². The van der Waals surface area contributed by atoms with Crippen LogP contribution in [0.4, 0.5) is 22.9 Å². The molecule has 1 amide bonds. The van der Waals surface area contributed by atoms with E-state index in [2.05, 4.69) is 41.6 Å². The number of carbonyl (C=O) groups is 1. The van der Waals surface area contributed by atoms with Gasteiger partial charge in [-0.15, -0.1) is 0 Å². The average molecular weight is 493 g/mol. The van der Waals surface area contributed by atoms with Gasteiger partial charge in [-0.05, 0) is 70.2 Å². The molecule has 8 heteroatoms. The molecule has 8 nitrogen and oxygen atoms in total. The third kappa shape index (κ3) is 4.69. The number of nitrogens with zero attached hydrogens (tertiary/aromatic N) is 2. The Morgan fingerprint density at radius 2 is 2.03 bits per heavy atom. The topological polar surface area (TPSA) is 85.0 Å². The summed E-state index contributed by atoms with van der Waals surface area (Å²) >= 11 is 0. The van der Waals surface area contributed by atoms with Crippen LogP contribution in [0.1, 0.15) is 51.5 Å². The molecule has 4 heterocycles. The molecule has 2 saturated heterocycles. The fourth-order valence-electron chi connectivity index (χ4n) is 6.07. The van der Waals surface area contributed by atoms with Crippen molar-refractivity contribution >= 4 is 28.8 Å². The van der Waals surface area contributed by atoms with E-state index in [9.17, 15) is 4.79 Å². The summed E-state index contributed by atoms with van der Waals surface area (Å²) in [5.41, 5.74) is 3.75. The molecule has 2 aromatic rings. The van der Waals surface area contributed by atoms with Gasteiger partial charge in [0.15, 0.2) is 0 Å². The average Bonchev–Trinajstić information content (AvgIpc) is 3.45. The van der Waals surface area contributed by atoms with Crippen LogP contribution < -0.4 is 15.5 Å². The van der Waals surface area contributed by atoms with Gasteiger partial charge in [0.05, 0.1) is 48.9 Å². The molecule has 2 N–H and O–H groups in total. The van der Waals surface area contributed by atoms with Gasteiger partial charge in [-0.2, -0.15) is 0 Å². The Morgan fingerprint density at radius 3 is 2.86 bits per heavy atom. The second-order valence-corrected chi connectivity index (χ2v) is 10.7. The maximum atomic E-state index is 14.0. The van der Waals surface area contributed by atoms with Crippen molar-refractivity contribution in [2.75, 3.05) is 28.7 Å². The van der Waals surface area contributed by atoms with Gasteiger partial charge >= 0.3 is 0 Å². The Balaban J connectivity index is 1.26. The zero-order chi connectivity index (χ0) is 24.6. The molecule has 4 aliphatic rings.